The highest BCUT2D eigenvalue weighted by molar-refractivity contribution is 14.1. The lowest BCUT2D eigenvalue weighted by Crippen LogP contribution is -2.10. The van der Waals surface area contributed by atoms with Crippen molar-refractivity contribution in [1.29, 1.82) is 0 Å². The molecule has 0 aliphatic rings. The molecule has 0 atom stereocenters. The van der Waals surface area contributed by atoms with Crippen molar-refractivity contribution in [2.75, 3.05) is 0 Å². The topological polar surface area (TPSA) is 0 Å². The average molecular weight is 642 g/mol. The van der Waals surface area contributed by atoms with Gasteiger partial charge in [-0.25, -0.2) is 0 Å². The van der Waals surface area contributed by atoms with Gasteiger partial charge < -0.3 is 0 Å². The standard InChI is InChI=1S/C30H28I2/c1-29(2,3)25-11-7-21(8-12-25)27-19-24(16-18-32)28(20-23(27)15-17-31)22-9-13-26(14-10-22)30(4,5)6/h7-14,19-20H,1-6H3. The van der Waals surface area contributed by atoms with Crippen LogP contribution in [0.4, 0.5) is 0 Å². The highest BCUT2D eigenvalue weighted by Gasteiger charge is 2.17. The second-order valence-electron chi connectivity index (χ2n) is 10.0. The van der Waals surface area contributed by atoms with Crippen molar-refractivity contribution >= 4 is 45.2 Å². The summed E-state index contributed by atoms with van der Waals surface area (Å²) in [6.07, 6.45) is 0. The van der Waals surface area contributed by atoms with Crippen LogP contribution in [0.3, 0.4) is 0 Å². The molecule has 0 fully saturated rings. The summed E-state index contributed by atoms with van der Waals surface area (Å²) in [5.41, 5.74) is 9.54. The summed E-state index contributed by atoms with van der Waals surface area (Å²) < 4.78 is 6.14. The van der Waals surface area contributed by atoms with E-state index in [1.807, 2.05) is 0 Å². The van der Waals surface area contributed by atoms with Crippen molar-refractivity contribution in [2.24, 2.45) is 0 Å². The Morgan fingerprint density at radius 1 is 0.531 bits per heavy atom. The monoisotopic (exact) mass is 642 g/mol. The first-order valence-corrected chi connectivity index (χ1v) is 12.8. The van der Waals surface area contributed by atoms with E-state index in [1.54, 1.807) is 0 Å². The van der Waals surface area contributed by atoms with Gasteiger partial charge in [-0.2, -0.15) is 0 Å². The van der Waals surface area contributed by atoms with E-state index >= 15 is 0 Å². The molecule has 0 aromatic heterocycles. The van der Waals surface area contributed by atoms with Crippen LogP contribution in [0.15, 0.2) is 60.7 Å². The van der Waals surface area contributed by atoms with Gasteiger partial charge in [0.05, 0.1) is 0 Å². The third kappa shape index (κ3) is 5.77. The van der Waals surface area contributed by atoms with Crippen LogP contribution < -0.4 is 0 Å². The fourth-order valence-corrected chi connectivity index (χ4v) is 4.27. The predicted molar refractivity (Wildman–Crippen MR) is 157 cm³/mol. The third-order valence-corrected chi connectivity index (χ3v) is 6.18. The third-order valence-electron chi connectivity index (χ3n) is 5.65. The maximum absolute atomic E-state index is 3.32. The first-order chi connectivity index (χ1) is 15.0. The van der Waals surface area contributed by atoms with Gasteiger partial charge in [-0.3, -0.25) is 0 Å². The minimum absolute atomic E-state index is 0.129. The van der Waals surface area contributed by atoms with Crippen molar-refractivity contribution in [1.82, 2.24) is 0 Å². The van der Waals surface area contributed by atoms with Gasteiger partial charge in [-0.15, -0.1) is 0 Å². The summed E-state index contributed by atoms with van der Waals surface area (Å²) in [6.45, 7) is 13.4. The van der Waals surface area contributed by atoms with Gasteiger partial charge in [-0.1, -0.05) is 102 Å². The molecule has 0 amide bonds. The highest BCUT2D eigenvalue weighted by Crippen LogP contribution is 2.34. The number of hydrogen-bond acceptors (Lipinski definition) is 0. The highest BCUT2D eigenvalue weighted by atomic mass is 127. The van der Waals surface area contributed by atoms with Crippen LogP contribution in [0, 0.1) is 19.7 Å². The van der Waals surface area contributed by atoms with E-state index < -0.39 is 0 Å². The van der Waals surface area contributed by atoms with Gasteiger partial charge in [0, 0.05) is 56.3 Å². The molecule has 0 N–H and O–H groups in total. The Bertz CT molecular complexity index is 1120. The zero-order chi connectivity index (χ0) is 23.5. The maximum Gasteiger partial charge on any atom is 0.0338 e. The molecular formula is C30H28I2. The summed E-state index contributed by atoms with van der Waals surface area (Å²) in [5, 5.41) is 0. The lowest BCUT2D eigenvalue weighted by Gasteiger charge is -2.20. The van der Waals surface area contributed by atoms with Gasteiger partial charge in [0.25, 0.3) is 0 Å². The van der Waals surface area contributed by atoms with Crippen LogP contribution in [-0.2, 0) is 10.8 Å². The van der Waals surface area contributed by atoms with Crippen LogP contribution >= 0.6 is 45.2 Å². The minimum Gasteiger partial charge on any atom is -0.0579 e. The summed E-state index contributed by atoms with van der Waals surface area (Å²) in [4.78, 5) is 0. The molecule has 2 heteroatoms. The van der Waals surface area contributed by atoms with Crippen LogP contribution in [0.5, 0.6) is 0 Å². The number of halogens is 2. The SMILES string of the molecule is CC(C)(C)c1ccc(-c2cc(C#CI)c(-c3ccc(C(C)(C)C)cc3)cc2C#CI)cc1. The van der Waals surface area contributed by atoms with E-state index in [2.05, 4.69) is 167 Å². The first-order valence-electron chi connectivity index (χ1n) is 10.7. The van der Waals surface area contributed by atoms with E-state index in [-0.39, 0.29) is 10.8 Å². The Hall–Kier alpha value is -1.76. The molecule has 0 heterocycles. The summed E-state index contributed by atoms with van der Waals surface area (Å²) >= 11 is 4.23. The second kappa shape index (κ2) is 10.0. The molecule has 0 saturated heterocycles. The molecule has 0 radical (unpaired) electrons. The van der Waals surface area contributed by atoms with Crippen LogP contribution in [0.1, 0.15) is 63.8 Å². The average Bonchev–Trinajstić information content (AvgIpc) is 2.74. The molecule has 3 aromatic carbocycles. The van der Waals surface area contributed by atoms with Crippen molar-refractivity contribution in [2.45, 2.75) is 52.4 Å². The molecule has 0 bridgehead atoms. The zero-order valence-corrected chi connectivity index (χ0v) is 23.8. The quantitative estimate of drug-likeness (QED) is 0.193. The summed E-state index contributed by atoms with van der Waals surface area (Å²) in [7, 11) is 0. The zero-order valence-electron chi connectivity index (χ0n) is 19.5. The van der Waals surface area contributed by atoms with Gasteiger partial charge in [0.2, 0.25) is 0 Å². The summed E-state index contributed by atoms with van der Waals surface area (Å²) in [5.74, 6) is 6.64. The van der Waals surface area contributed by atoms with E-state index in [0.717, 1.165) is 22.3 Å². The van der Waals surface area contributed by atoms with Crippen LogP contribution in [0.25, 0.3) is 22.3 Å². The Morgan fingerprint density at radius 3 is 1.09 bits per heavy atom. The number of rotatable bonds is 2. The molecule has 0 unspecified atom stereocenters. The lowest BCUT2D eigenvalue weighted by atomic mass is 9.84. The van der Waals surface area contributed by atoms with Crippen molar-refractivity contribution in [3.8, 4) is 41.9 Å². The second-order valence-corrected chi connectivity index (χ2v) is 11.1. The van der Waals surface area contributed by atoms with E-state index in [1.165, 1.54) is 22.3 Å². The van der Waals surface area contributed by atoms with Crippen molar-refractivity contribution in [3.63, 3.8) is 0 Å². The molecule has 0 aliphatic heterocycles. The van der Waals surface area contributed by atoms with Gasteiger partial charge in [0.15, 0.2) is 0 Å². The Labute approximate surface area is 220 Å². The smallest absolute Gasteiger partial charge is 0.0338 e. The largest absolute Gasteiger partial charge is 0.0579 e. The molecule has 0 saturated carbocycles. The molecule has 0 spiro atoms. The van der Waals surface area contributed by atoms with Crippen LogP contribution in [-0.4, -0.2) is 0 Å². The molecular weight excluding hydrogens is 614 g/mol. The minimum atomic E-state index is 0.129. The number of hydrogen-bond donors (Lipinski definition) is 0. The van der Waals surface area contributed by atoms with Gasteiger partial charge >= 0.3 is 0 Å². The summed E-state index contributed by atoms with van der Waals surface area (Å²) in [6, 6.07) is 22.1. The first kappa shape index (κ1) is 24.9. The normalized spacial score (nSPS) is 11.2. The fourth-order valence-electron chi connectivity index (χ4n) is 3.69. The molecule has 3 aromatic rings. The molecule has 0 nitrogen and oxygen atoms in total. The van der Waals surface area contributed by atoms with E-state index in [0.29, 0.717) is 0 Å². The lowest BCUT2D eigenvalue weighted by molar-refractivity contribution is 0.590. The molecule has 162 valence electrons. The van der Waals surface area contributed by atoms with Gasteiger partial charge in [0.1, 0.15) is 0 Å². The van der Waals surface area contributed by atoms with E-state index in [9.17, 15) is 0 Å². The van der Waals surface area contributed by atoms with Gasteiger partial charge in [-0.05, 0) is 64.2 Å². The fraction of sp³-hybridized carbons (Fsp3) is 0.267. The Balaban J connectivity index is 2.18. The van der Waals surface area contributed by atoms with Crippen molar-refractivity contribution in [3.05, 3.63) is 82.9 Å². The molecule has 32 heavy (non-hydrogen) atoms. The molecule has 0 aliphatic carbocycles. The maximum atomic E-state index is 3.32. The Morgan fingerprint density at radius 2 is 0.844 bits per heavy atom. The predicted octanol–water partition coefficient (Wildman–Crippen LogP) is 9.10. The van der Waals surface area contributed by atoms with Crippen molar-refractivity contribution < 1.29 is 0 Å². The molecule has 3 rings (SSSR count). The van der Waals surface area contributed by atoms with Crippen LogP contribution in [0.2, 0.25) is 0 Å². The number of benzene rings is 3. The Kier molecular flexibility index (Phi) is 7.79. The van der Waals surface area contributed by atoms with E-state index in [4.69, 9.17) is 0 Å².